The summed E-state index contributed by atoms with van der Waals surface area (Å²) in [6, 6.07) is 38.0. The fourth-order valence-corrected chi connectivity index (χ4v) is 5.73. The van der Waals surface area contributed by atoms with Crippen molar-refractivity contribution in [1.29, 1.82) is 0 Å². The lowest BCUT2D eigenvalue weighted by molar-refractivity contribution is -0.129. The van der Waals surface area contributed by atoms with Crippen LogP contribution in [0.1, 0.15) is 41.2 Å². The van der Waals surface area contributed by atoms with E-state index in [-0.39, 0.29) is 31.0 Å². The van der Waals surface area contributed by atoms with Crippen molar-refractivity contribution in [2.24, 2.45) is 4.99 Å². The number of nitrogens with zero attached hydrogens (tertiary/aromatic N) is 1. The standard InChI is InChI=1S/C41H37F2N3O4/c42-35-21-18-34(37(43)27-35)28-44-46-40(48)41(24-7-11-29-9-3-1-4-10-29)38(32-16-14-31(15-17-32)30-12-5-2-6-13-30)50-39(45-41)33-19-22-36(23-20-33)49-26-8-25-47/h1-7,9-23,27,38,44,47H,8,24-26,28H2,(H,46,48)/b11-7+/t38-,41-/m0/s1. The summed E-state index contributed by atoms with van der Waals surface area (Å²) in [4.78, 5) is 19.4. The summed E-state index contributed by atoms with van der Waals surface area (Å²) in [5.41, 5.74) is 8.65. The van der Waals surface area contributed by atoms with E-state index in [0.717, 1.165) is 34.4 Å². The maximum absolute atomic E-state index is 14.4. The summed E-state index contributed by atoms with van der Waals surface area (Å²) >= 11 is 0. The number of carbonyl (C=O) groups is 1. The van der Waals surface area contributed by atoms with Crippen molar-refractivity contribution in [1.82, 2.24) is 10.9 Å². The van der Waals surface area contributed by atoms with Gasteiger partial charge in [-0.1, -0.05) is 103 Å². The van der Waals surface area contributed by atoms with E-state index in [1.165, 1.54) is 6.07 Å². The predicted octanol–water partition coefficient (Wildman–Crippen LogP) is 7.57. The highest BCUT2D eigenvalue weighted by Gasteiger charge is 2.52. The Kier molecular flexibility index (Phi) is 11.1. The van der Waals surface area contributed by atoms with Gasteiger partial charge in [-0.25, -0.2) is 19.2 Å². The van der Waals surface area contributed by atoms with Gasteiger partial charge in [0.05, 0.1) is 6.61 Å². The summed E-state index contributed by atoms with van der Waals surface area (Å²) in [5.74, 6) is -1.00. The van der Waals surface area contributed by atoms with Gasteiger partial charge in [-0.15, -0.1) is 0 Å². The average Bonchev–Trinajstić information content (AvgIpc) is 3.54. The molecule has 1 heterocycles. The number of halogens is 2. The molecule has 0 unspecified atom stereocenters. The van der Waals surface area contributed by atoms with Crippen molar-refractivity contribution in [3.8, 4) is 16.9 Å². The Balaban J connectivity index is 1.36. The summed E-state index contributed by atoms with van der Waals surface area (Å²) in [7, 11) is 0. The van der Waals surface area contributed by atoms with Gasteiger partial charge in [0.15, 0.2) is 11.6 Å². The van der Waals surface area contributed by atoms with Crippen LogP contribution in [0.4, 0.5) is 8.78 Å². The van der Waals surface area contributed by atoms with Crippen molar-refractivity contribution in [2.45, 2.75) is 31.0 Å². The zero-order chi connectivity index (χ0) is 34.8. The molecule has 3 N–H and O–H groups in total. The normalized spacial score (nSPS) is 16.9. The number of aliphatic imine (C=N–C) groups is 1. The highest BCUT2D eigenvalue weighted by atomic mass is 19.1. The van der Waals surface area contributed by atoms with E-state index in [9.17, 15) is 13.6 Å². The van der Waals surface area contributed by atoms with Gasteiger partial charge in [-0.2, -0.15) is 0 Å². The van der Waals surface area contributed by atoms with Gasteiger partial charge in [-0.05, 0) is 52.6 Å². The number of hydrazine groups is 1. The number of aliphatic hydroxyl groups excluding tert-OH is 1. The monoisotopic (exact) mass is 673 g/mol. The smallest absolute Gasteiger partial charge is 0.266 e. The molecule has 0 bridgehead atoms. The van der Waals surface area contributed by atoms with Crippen molar-refractivity contribution in [3.63, 3.8) is 0 Å². The van der Waals surface area contributed by atoms with Crippen LogP contribution in [0.15, 0.2) is 138 Å². The molecular formula is C41H37F2N3O4. The molecule has 0 radical (unpaired) electrons. The molecule has 0 aliphatic carbocycles. The van der Waals surface area contributed by atoms with Crippen LogP contribution < -0.4 is 15.6 Å². The van der Waals surface area contributed by atoms with Crippen LogP contribution in [0.5, 0.6) is 5.75 Å². The second kappa shape index (κ2) is 16.2. The molecule has 0 saturated carbocycles. The van der Waals surface area contributed by atoms with Gasteiger partial charge < -0.3 is 14.6 Å². The Hall–Kier alpha value is -5.64. The number of hydrogen-bond donors (Lipinski definition) is 3. The summed E-state index contributed by atoms with van der Waals surface area (Å²) in [6.07, 6.45) is 3.66. The maximum atomic E-state index is 14.4. The average molecular weight is 674 g/mol. The van der Waals surface area contributed by atoms with Crippen molar-refractivity contribution in [3.05, 3.63) is 167 Å². The number of rotatable bonds is 14. The molecule has 50 heavy (non-hydrogen) atoms. The first-order chi connectivity index (χ1) is 24.4. The van der Waals surface area contributed by atoms with Crippen LogP contribution in [-0.4, -0.2) is 35.7 Å². The number of hydrogen-bond acceptors (Lipinski definition) is 6. The molecule has 1 aliphatic rings. The minimum Gasteiger partial charge on any atom is -0.494 e. The molecule has 0 aromatic heterocycles. The number of benzene rings is 5. The zero-order valence-corrected chi connectivity index (χ0v) is 27.3. The number of nitrogens with one attached hydrogen (secondary N) is 2. The first-order valence-electron chi connectivity index (χ1n) is 16.4. The molecule has 5 aromatic carbocycles. The number of amides is 1. The van der Waals surface area contributed by atoms with E-state index >= 15 is 0 Å². The van der Waals surface area contributed by atoms with Crippen molar-refractivity contribution in [2.75, 3.05) is 13.2 Å². The first kappa shape index (κ1) is 34.2. The van der Waals surface area contributed by atoms with Gasteiger partial charge in [0.2, 0.25) is 5.90 Å². The van der Waals surface area contributed by atoms with Crippen LogP contribution in [0.2, 0.25) is 0 Å². The Bertz CT molecular complexity index is 1940. The molecule has 0 fully saturated rings. The SMILES string of the molecule is O=C(NNCc1ccc(F)cc1F)[C@@]1(C/C=C/c2ccccc2)N=C(c2ccc(OCCCO)cc2)O[C@H]1c1ccc(-c2ccccc2)cc1. The summed E-state index contributed by atoms with van der Waals surface area (Å²) < 4.78 is 40.2. The third-order valence-corrected chi connectivity index (χ3v) is 8.39. The maximum Gasteiger partial charge on any atom is 0.266 e. The van der Waals surface area contributed by atoms with Crippen molar-refractivity contribution < 1.29 is 28.2 Å². The zero-order valence-electron chi connectivity index (χ0n) is 27.3. The van der Waals surface area contributed by atoms with Crippen molar-refractivity contribution >= 4 is 17.9 Å². The summed E-state index contributed by atoms with van der Waals surface area (Å²) in [5, 5.41) is 9.09. The molecular weight excluding hydrogens is 636 g/mol. The van der Waals surface area contributed by atoms with Crippen LogP contribution in [0.25, 0.3) is 17.2 Å². The van der Waals surface area contributed by atoms with E-state index < -0.39 is 29.2 Å². The van der Waals surface area contributed by atoms with Crippen LogP contribution >= 0.6 is 0 Å². The highest BCUT2D eigenvalue weighted by molar-refractivity contribution is 6.01. The molecule has 0 spiro atoms. The van der Waals surface area contributed by atoms with Gasteiger partial charge in [0, 0.05) is 43.2 Å². The molecule has 6 rings (SSSR count). The number of aliphatic hydroxyl groups is 1. The fraction of sp³-hybridized carbons (Fsp3) is 0.171. The van der Waals surface area contributed by atoms with Gasteiger partial charge >= 0.3 is 0 Å². The van der Waals surface area contributed by atoms with Crippen LogP contribution in [0.3, 0.4) is 0 Å². The predicted molar refractivity (Wildman–Crippen MR) is 190 cm³/mol. The second-order valence-corrected chi connectivity index (χ2v) is 11.8. The molecule has 9 heteroatoms. The first-order valence-corrected chi connectivity index (χ1v) is 16.4. The van der Waals surface area contributed by atoms with E-state index in [1.54, 1.807) is 12.1 Å². The minimum absolute atomic E-state index is 0.0347. The van der Waals surface area contributed by atoms with Crippen LogP contribution in [0, 0.1) is 11.6 Å². The van der Waals surface area contributed by atoms with E-state index in [2.05, 4.69) is 10.9 Å². The lowest BCUT2D eigenvalue weighted by Crippen LogP contribution is -2.52. The van der Waals surface area contributed by atoms with E-state index in [1.807, 2.05) is 109 Å². The lowest BCUT2D eigenvalue weighted by Gasteiger charge is -2.30. The van der Waals surface area contributed by atoms with E-state index in [0.29, 0.717) is 24.3 Å². The third kappa shape index (κ3) is 8.14. The molecule has 254 valence electrons. The highest BCUT2D eigenvalue weighted by Crippen LogP contribution is 2.43. The Morgan fingerprint density at radius 2 is 1.54 bits per heavy atom. The van der Waals surface area contributed by atoms with E-state index in [4.69, 9.17) is 19.6 Å². The lowest BCUT2D eigenvalue weighted by atomic mass is 9.84. The van der Waals surface area contributed by atoms with Gasteiger partial charge in [0.25, 0.3) is 5.91 Å². The quantitative estimate of drug-likeness (QED) is 0.0836. The molecule has 2 atom stereocenters. The molecule has 0 saturated heterocycles. The Morgan fingerprint density at radius 3 is 2.24 bits per heavy atom. The Morgan fingerprint density at radius 1 is 0.860 bits per heavy atom. The number of ether oxygens (including phenoxy) is 2. The fourth-order valence-electron chi connectivity index (χ4n) is 5.73. The molecule has 7 nitrogen and oxygen atoms in total. The second-order valence-electron chi connectivity index (χ2n) is 11.8. The van der Waals surface area contributed by atoms with Gasteiger partial charge in [0.1, 0.15) is 17.4 Å². The summed E-state index contributed by atoms with van der Waals surface area (Å²) in [6.45, 7) is 0.326. The van der Waals surface area contributed by atoms with Gasteiger partial charge in [-0.3, -0.25) is 10.2 Å². The topological polar surface area (TPSA) is 92.2 Å². The molecule has 1 aliphatic heterocycles. The third-order valence-electron chi connectivity index (χ3n) is 8.39. The molecule has 1 amide bonds. The Labute approximate surface area is 289 Å². The molecule has 5 aromatic rings. The van der Waals surface area contributed by atoms with Crippen LogP contribution in [-0.2, 0) is 16.1 Å². The minimum atomic E-state index is -1.49. The number of carbonyl (C=O) groups excluding carboxylic acids is 1. The largest absolute Gasteiger partial charge is 0.494 e.